The van der Waals surface area contributed by atoms with E-state index in [1.807, 2.05) is 0 Å². The van der Waals surface area contributed by atoms with E-state index >= 15 is 0 Å². The quantitative estimate of drug-likeness (QED) is 0.766. The highest BCUT2D eigenvalue weighted by Gasteiger charge is 2.08. The average molecular weight is 248 g/mol. The molecule has 0 aromatic heterocycles. The van der Waals surface area contributed by atoms with Gasteiger partial charge in [-0.25, -0.2) is 8.60 Å². The van der Waals surface area contributed by atoms with Crippen LogP contribution >= 0.6 is 0 Å². The fourth-order valence-electron chi connectivity index (χ4n) is 0.956. The second-order valence-electron chi connectivity index (χ2n) is 2.83. The number of benzene rings is 1. The summed E-state index contributed by atoms with van der Waals surface area (Å²) >= 11 is -2.25. The summed E-state index contributed by atoms with van der Waals surface area (Å²) in [5.74, 6) is -1.99. The van der Waals surface area contributed by atoms with Crippen LogP contribution in [0.1, 0.15) is 6.42 Å². The summed E-state index contributed by atoms with van der Waals surface area (Å²) < 4.78 is 37.3. The summed E-state index contributed by atoms with van der Waals surface area (Å²) in [5.41, 5.74) is 0. The van der Waals surface area contributed by atoms with E-state index < -0.39 is 22.9 Å². The first-order chi connectivity index (χ1) is 7.50. The molecule has 88 valence electrons. The molecule has 0 radical (unpaired) electrons. The zero-order valence-corrected chi connectivity index (χ0v) is 8.87. The summed E-state index contributed by atoms with van der Waals surface area (Å²) in [6.45, 7) is -0.159. The molecule has 1 atom stereocenters. The molecule has 7 heteroatoms. The van der Waals surface area contributed by atoms with E-state index in [2.05, 4.69) is 0 Å². The van der Waals surface area contributed by atoms with E-state index in [9.17, 15) is 13.4 Å². The van der Waals surface area contributed by atoms with Crippen molar-refractivity contribution in [1.29, 1.82) is 0 Å². The molecule has 0 spiro atoms. The van der Waals surface area contributed by atoms with E-state index in [0.717, 1.165) is 6.07 Å². The van der Waals surface area contributed by atoms with Gasteiger partial charge in [0.2, 0.25) is 0 Å². The topological polar surface area (TPSA) is 83.8 Å². The Hall–Kier alpha value is -1.47. The van der Waals surface area contributed by atoms with Gasteiger partial charge in [-0.3, -0.25) is 4.79 Å². The lowest BCUT2D eigenvalue weighted by Gasteiger charge is -2.06. The normalized spacial score (nSPS) is 12.1. The highest BCUT2D eigenvalue weighted by Crippen LogP contribution is 2.19. The van der Waals surface area contributed by atoms with Crippen molar-refractivity contribution in [2.24, 2.45) is 0 Å². The molecule has 0 saturated heterocycles. The third kappa shape index (κ3) is 3.59. The van der Waals surface area contributed by atoms with Crippen LogP contribution in [0.4, 0.5) is 4.39 Å². The molecule has 0 bridgehead atoms. The summed E-state index contributed by atoms with van der Waals surface area (Å²) in [6.07, 6.45) is -0.243. The van der Waals surface area contributed by atoms with Crippen LogP contribution in [0.5, 0.6) is 5.75 Å². The number of halogens is 1. The lowest BCUT2D eigenvalue weighted by molar-refractivity contribution is -0.137. The van der Waals surface area contributed by atoms with E-state index in [1.54, 1.807) is 0 Å². The number of ether oxygens (including phenoxy) is 1. The summed E-state index contributed by atoms with van der Waals surface area (Å²) in [6, 6.07) is 3.28. The molecule has 0 fully saturated rings. The van der Waals surface area contributed by atoms with Crippen molar-refractivity contribution in [3.8, 4) is 5.75 Å². The Morgan fingerprint density at radius 2 is 2.19 bits per heavy atom. The maximum Gasteiger partial charge on any atom is 0.306 e. The van der Waals surface area contributed by atoms with Gasteiger partial charge in [0, 0.05) is 0 Å². The fraction of sp³-hybridized carbons (Fsp3) is 0.222. The van der Waals surface area contributed by atoms with Gasteiger partial charge < -0.3 is 14.4 Å². The highest BCUT2D eigenvalue weighted by molar-refractivity contribution is 7.79. The van der Waals surface area contributed by atoms with E-state index in [1.165, 1.54) is 12.1 Å². The molecule has 0 aliphatic carbocycles. The predicted octanol–water partition coefficient (Wildman–Crippen LogP) is 1.26. The Morgan fingerprint density at radius 1 is 1.50 bits per heavy atom. The van der Waals surface area contributed by atoms with Crippen LogP contribution in [-0.4, -0.2) is 26.4 Å². The molecule has 0 aliphatic heterocycles. The summed E-state index contributed by atoms with van der Waals surface area (Å²) in [5, 5.41) is 8.33. The zero-order valence-electron chi connectivity index (χ0n) is 8.05. The Bertz CT molecular complexity index is 420. The minimum absolute atomic E-state index is 0.0805. The van der Waals surface area contributed by atoms with Crippen LogP contribution < -0.4 is 4.74 Å². The number of aliphatic carboxylic acids is 1. The smallest absolute Gasteiger partial charge is 0.306 e. The fourth-order valence-corrected chi connectivity index (χ4v) is 1.34. The van der Waals surface area contributed by atoms with Crippen molar-refractivity contribution in [3.05, 3.63) is 24.0 Å². The molecule has 0 aliphatic rings. The SMILES string of the molecule is O=C(O)CCOc1ccc(S(=O)O)cc1F. The average Bonchev–Trinajstić information content (AvgIpc) is 2.19. The first-order valence-corrected chi connectivity index (χ1v) is 5.36. The van der Waals surface area contributed by atoms with Gasteiger partial charge in [-0.05, 0) is 18.2 Å². The molecule has 0 saturated carbocycles. The van der Waals surface area contributed by atoms with Gasteiger partial charge in [-0.15, -0.1) is 0 Å². The second-order valence-corrected chi connectivity index (χ2v) is 3.80. The number of hydrogen-bond donors (Lipinski definition) is 2. The number of carbonyl (C=O) groups is 1. The second kappa shape index (κ2) is 5.57. The van der Waals surface area contributed by atoms with Gasteiger partial charge in [-0.1, -0.05) is 0 Å². The van der Waals surface area contributed by atoms with E-state index in [4.69, 9.17) is 14.4 Å². The molecule has 0 amide bonds. The number of carboxylic acid groups (broad SMARTS) is 1. The Balaban J connectivity index is 2.68. The van der Waals surface area contributed by atoms with Gasteiger partial charge in [0.05, 0.1) is 17.9 Å². The van der Waals surface area contributed by atoms with Crippen LogP contribution in [0.15, 0.2) is 23.1 Å². The molecule has 5 nitrogen and oxygen atoms in total. The number of hydrogen-bond acceptors (Lipinski definition) is 3. The molecular formula is C9H9FO5S. The highest BCUT2D eigenvalue weighted by atomic mass is 32.2. The van der Waals surface area contributed by atoms with Crippen LogP contribution in [0.3, 0.4) is 0 Å². The molecule has 1 aromatic carbocycles. The Kier molecular flexibility index (Phi) is 4.39. The van der Waals surface area contributed by atoms with E-state index in [-0.39, 0.29) is 23.7 Å². The van der Waals surface area contributed by atoms with Crippen LogP contribution in [0.2, 0.25) is 0 Å². The van der Waals surface area contributed by atoms with Crippen LogP contribution in [-0.2, 0) is 15.9 Å². The van der Waals surface area contributed by atoms with E-state index in [0.29, 0.717) is 0 Å². The number of rotatable bonds is 5. The van der Waals surface area contributed by atoms with Crippen molar-refractivity contribution in [1.82, 2.24) is 0 Å². The minimum Gasteiger partial charge on any atom is -0.490 e. The molecular weight excluding hydrogens is 239 g/mol. The molecule has 1 unspecified atom stereocenters. The van der Waals surface area contributed by atoms with Gasteiger partial charge in [-0.2, -0.15) is 0 Å². The molecule has 2 N–H and O–H groups in total. The predicted molar refractivity (Wildman–Crippen MR) is 53.2 cm³/mol. The molecule has 1 rings (SSSR count). The number of carboxylic acids is 1. The van der Waals surface area contributed by atoms with Gasteiger partial charge in [0.15, 0.2) is 22.6 Å². The summed E-state index contributed by atoms with van der Waals surface area (Å²) in [7, 11) is 0. The molecule has 1 aromatic rings. The maximum absolute atomic E-state index is 13.2. The largest absolute Gasteiger partial charge is 0.490 e. The van der Waals surface area contributed by atoms with Gasteiger partial charge in [0.1, 0.15) is 0 Å². The Morgan fingerprint density at radius 3 is 2.69 bits per heavy atom. The molecule has 0 heterocycles. The summed E-state index contributed by atoms with van der Waals surface area (Å²) in [4.78, 5) is 10.1. The van der Waals surface area contributed by atoms with Gasteiger partial charge in [0.25, 0.3) is 0 Å². The first kappa shape index (κ1) is 12.6. The van der Waals surface area contributed by atoms with Gasteiger partial charge >= 0.3 is 5.97 Å². The van der Waals surface area contributed by atoms with Crippen molar-refractivity contribution >= 4 is 17.0 Å². The van der Waals surface area contributed by atoms with Crippen molar-refractivity contribution in [2.45, 2.75) is 11.3 Å². The Labute approximate surface area is 93.1 Å². The van der Waals surface area contributed by atoms with Crippen LogP contribution in [0.25, 0.3) is 0 Å². The standard InChI is InChI=1S/C9H9FO5S/c10-7-5-6(16(13)14)1-2-8(7)15-4-3-9(11)12/h1-2,5H,3-4H2,(H,11,12)(H,13,14). The van der Waals surface area contributed by atoms with Crippen molar-refractivity contribution in [2.75, 3.05) is 6.61 Å². The lowest BCUT2D eigenvalue weighted by Crippen LogP contribution is -2.06. The third-order valence-corrected chi connectivity index (χ3v) is 2.34. The monoisotopic (exact) mass is 248 g/mol. The maximum atomic E-state index is 13.2. The first-order valence-electron chi connectivity index (χ1n) is 4.25. The van der Waals surface area contributed by atoms with Crippen molar-refractivity contribution in [3.63, 3.8) is 0 Å². The lowest BCUT2D eigenvalue weighted by atomic mass is 10.3. The molecule has 16 heavy (non-hydrogen) atoms. The van der Waals surface area contributed by atoms with Crippen molar-refractivity contribution < 1.29 is 27.8 Å². The minimum atomic E-state index is -2.25. The third-order valence-electron chi connectivity index (χ3n) is 1.68. The van der Waals surface area contributed by atoms with Crippen LogP contribution in [0, 0.1) is 5.82 Å². The zero-order chi connectivity index (χ0) is 12.1.